The van der Waals surface area contributed by atoms with Crippen molar-refractivity contribution in [2.75, 3.05) is 6.26 Å². The smallest absolute Gasteiger partial charge is 0.123 e. The lowest BCUT2D eigenvalue weighted by Crippen LogP contribution is -2.02. The van der Waals surface area contributed by atoms with Crippen LogP contribution in [-0.4, -0.2) is 6.26 Å². The predicted molar refractivity (Wildman–Crippen MR) is 91.5 cm³/mol. The summed E-state index contributed by atoms with van der Waals surface area (Å²) in [7, 11) is -1.69. The van der Waals surface area contributed by atoms with Crippen LogP contribution >= 0.6 is 10.0 Å². The number of rotatable bonds is 4. The Kier molecular flexibility index (Phi) is 5.37. The van der Waals surface area contributed by atoms with E-state index in [4.69, 9.17) is 0 Å². The van der Waals surface area contributed by atoms with Crippen LogP contribution in [0.4, 0.5) is 13.2 Å². The highest BCUT2D eigenvalue weighted by Crippen LogP contribution is 2.65. The molecule has 0 spiro atoms. The lowest BCUT2D eigenvalue weighted by Gasteiger charge is -2.38. The maximum absolute atomic E-state index is 13.3. The van der Waals surface area contributed by atoms with Crippen LogP contribution in [0.25, 0.3) is 0 Å². The summed E-state index contributed by atoms with van der Waals surface area (Å²) in [5.74, 6) is -0.907. The quantitative estimate of drug-likeness (QED) is 0.552. The minimum Gasteiger partial charge on any atom is -0.212 e. The van der Waals surface area contributed by atoms with Gasteiger partial charge in [-0.3, -0.25) is 0 Å². The van der Waals surface area contributed by atoms with Crippen molar-refractivity contribution < 1.29 is 13.2 Å². The lowest BCUT2D eigenvalue weighted by molar-refractivity contribution is 0.626. The Morgan fingerprint density at radius 3 is 1.52 bits per heavy atom. The molecule has 0 unspecified atom stereocenters. The molecule has 0 saturated carbocycles. The summed E-state index contributed by atoms with van der Waals surface area (Å²) >= 11 is 0. The summed E-state index contributed by atoms with van der Waals surface area (Å²) in [5, 5.41) is 0. The molecule has 23 heavy (non-hydrogen) atoms. The molecule has 0 bridgehead atoms. The molecule has 0 nitrogen and oxygen atoms in total. The molecule has 0 fully saturated rings. The molecule has 122 valence electrons. The third-order valence-corrected chi connectivity index (χ3v) is 7.62. The fourth-order valence-corrected chi connectivity index (χ4v) is 5.01. The van der Waals surface area contributed by atoms with E-state index in [9.17, 15) is 13.2 Å². The van der Waals surface area contributed by atoms with Crippen LogP contribution in [0, 0.1) is 11.6 Å². The number of benzene rings is 2. The maximum atomic E-state index is 13.3. The van der Waals surface area contributed by atoms with E-state index in [-0.39, 0.29) is 17.5 Å². The minimum absolute atomic E-state index is 0.288. The van der Waals surface area contributed by atoms with E-state index < -0.39 is 10.0 Å². The van der Waals surface area contributed by atoms with Crippen LogP contribution < -0.4 is 0 Å². The van der Waals surface area contributed by atoms with E-state index >= 15 is 0 Å². The predicted octanol–water partition coefficient (Wildman–Crippen LogP) is 6.59. The van der Waals surface area contributed by atoms with E-state index in [1.807, 2.05) is 13.2 Å². The third kappa shape index (κ3) is 3.88. The van der Waals surface area contributed by atoms with Crippen LogP contribution in [0.1, 0.15) is 13.8 Å². The molecule has 0 atom stereocenters. The highest BCUT2D eigenvalue weighted by atomic mass is 32.3. The fourth-order valence-electron chi connectivity index (χ4n) is 2.29. The molecule has 0 radical (unpaired) electrons. The van der Waals surface area contributed by atoms with Crippen LogP contribution in [0.3, 0.4) is 0 Å². The lowest BCUT2D eigenvalue weighted by atomic mass is 10.3. The van der Waals surface area contributed by atoms with Gasteiger partial charge in [0.1, 0.15) is 11.6 Å². The van der Waals surface area contributed by atoms with Crippen molar-refractivity contribution in [1.29, 1.82) is 0 Å². The molecule has 2 aromatic carbocycles. The molecule has 0 heterocycles. The molecular formula is C19H19F3S. The summed E-state index contributed by atoms with van der Waals surface area (Å²) in [5.41, 5.74) is 0. The van der Waals surface area contributed by atoms with Crippen molar-refractivity contribution in [3.63, 3.8) is 0 Å². The zero-order valence-electron chi connectivity index (χ0n) is 13.3. The van der Waals surface area contributed by atoms with Crippen LogP contribution in [0.15, 0.2) is 81.2 Å². The molecule has 0 aliphatic rings. The number of hydrogen-bond donors (Lipinski definition) is 0. The summed E-state index contributed by atoms with van der Waals surface area (Å²) in [6, 6.07) is 12.6. The Labute approximate surface area is 136 Å². The highest BCUT2D eigenvalue weighted by molar-refractivity contribution is 8.36. The van der Waals surface area contributed by atoms with Gasteiger partial charge in [-0.05, 0) is 89.4 Å². The molecule has 0 aliphatic heterocycles. The molecule has 0 saturated heterocycles. The summed E-state index contributed by atoms with van der Waals surface area (Å²) in [6.07, 6.45) is 5.19. The van der Waals surface area contributed by atoms with E-state index in [1.165, 1.54) is 37.3 Å². The molecule has 2 rings (SSSR count). The van der Waals surface area contributed by atoms with Gasteiger partial charge < -0.3 is 0 Å². The molecule has 4 heteroatoms. The van der Waals surface area contributed by atoms with Crippen molar-refractivity contribution in [3.8, 4) is 0 Å². The van der Waals surface area contributed by atoms with Gasteiger partial charge in [0, 0.05) is 0 Å². The topological polar surface area (TPSA) is 0 Å². The number of halogens is 3. The summed E-state index contributed by atoms with van der Waals surface area (Å²) < 4.78 is 39.6. The third-order valence-electron chi connectivity index (χ3n) is 3.76. The van der Waals surface area contributed by atoms with E-state index in [2.05, 4.69) is 0 Å². The van der Waals surface area contributed by atoms with Gasteiger partial charge in [0.2, 0.25) is 0 Å². The fraction of sp³-hybridized carbons (Fsp3) is 0.158. The van der Waals surface area contributed by atoms with Gasteiger partial charge in [-0.25, -0.2) is 13.2 Å². The average Bonchev–Trinajstić information content (AvgIpc) is 2.53. The Morgan fingerprint density at radius 1 is 0.783 bits per heavy atom. The Hall–Kier alpha value is -1.94. The van der Waals surface area contributed by atoms with Gasteiger partial charge in [-0.2, -0.15) is 10.0 Å². The van der Waals surface area contributed by atoms with Crippen molar-refractivity contribution >= 4 is 10.0 Å². The average molecular weight is 336 g/mol. The van der Waals surface area contributed by atoms with Crippen LogP contribution in [0.2, 0.25) is 0 Å². The van der Waals surface area contributed by atoms with Gasteiger partial charge in [0.05, 0.1) is 5.83 Å². The van der Waals surface area contributed by atoms with Gasteiger partial charge in [0.15, 0.2) is 0 Å². The van der Waals surface area contributed by atoms with Gasteiger partial charge in [0.25, 0.3) is 0 Å². The first kappa shape index (κ1) is 17.4. The Morgan fingerprint density at radius 2 is 1.17 bits per heavy atom. The zero-order valence-corrected chi connectivity index (χ0v) is 14.1. The van der Waals surface area contributed by atoms with Crippen LogP contribution in [0.5, 0.6) is 0 Å². The Bertz CT molecular complexity index is 679. The van der Waals surface area contributed by atoms with Crippen molar-refractivity contribution in [3.05, 3.63) is 83.0 Å². The molecule has 0 N–H and O–H groups in total. The van der Waals surface area contributed by atoms with E-state index in [0.29, 0.717) is 0 Å². The van der Waals surface area contributed by atoms with Crippen molar-refractivity contribution in [2.24, 2.45) is 0 Å². The second-order valence-corrected chi connectivity index (χ2v) is 8.78. The van der Waals surface area contributed by atoms with Crippen molar-refractivity contribution in [1.82, 2.24) is 0 Å². The second kappa shape index (κ2) is 7.09. The first-order valence-electron chi connectivity index (χ1n) is 7.14. The van der Waals surface area contributed by atoms with Crippen molar-refractivity contribution in [2.45, 2.75) is 23.6 Å². The zero-order chi connectivity index (χ0) is 17.0. The highest BCUT2D eigenvalue weighted by Gasteiger charge is 2.25. The largest absolute Gasteiger partial charge is 0.212 e. The first-order valence-corrected chi connectivity index (χ1v) is 9.18. The van der Waals surface area contributed by atoms with Gasteiger partial charge in [-0.15, -0.1) is 0 Å². The first-order chi connectivity index (χ1) is 10.8. The second-order valence-electron chi connectivity index (χ2n) is 5.36. The maximum Gasteiger partial charge on any atom is 0.123 e. The summed E-state index contributed by atoms with van der Waals surface area (Å²) in [6.45, 7) is 3.30. The van der Waals surface area contributed by atoms with Gasteiger partial charge in [-0.1, -0.05) is 6.08 Å². The molecule has 0 aliphatic carbocycles. The SMILES string of the molecule is C/C(F)=C\C=C(/C)S(C)(c1ccc(F)cc1)c1ccc(F)cc1. The molecule has 0 amide bonds. The standard InChI is InChI=1S/C19H19F3S/c1-14(20)4-5-15(2)23(3,18-10-6-16(21)7-11-18)19-12-8-17(22)9-13-19/h4-13H,1-3H3/b14-4+,15-5+. The van der Waals surface area contributed by atoms with Crippen LogP contribution in [-0.2, 0) is 0 Å². The normalized spacial score (nSPS) is 14.0. The van der Waals surface area contributed by atoms with E-state index in [1.54, 1.807) is 30.3 Å². The summed E-state index contributed by atoms with van der Waals surface area (Å²) in [4.78, 5) is 2.82. The molecule has 2 aromatic rings. The molecule has 0 aromatic heterocycles. The van der Waals surface area contributed by atoms with E-state index in [0.717, 1.165) is 14.7 Å². The monoisotopic (exact) mass is 336 g/mol. The Balaban J connectivity index is 2.63. The number of allylic oxidation sites excluding steroid dienone is 4. The minimum atomic E-state index is -1.69. The molecular weight excluding hydrogens is 317 g/mol. The number of hydrogen-bond acceptors (Lipinski definition) is 0. The van der Waals surface area contributed by atoms with Gasteiger partial charge >= 0.3 is 0 Å².